The van der Waals surface area contributed by atoms with Crippen molar-refractivity contribution >= 4 is 0 Å². The SMILES string of the molecule is CC.CC(C)CN(C)CC1CC(F)CN1. The van der Waals surface area contributed by atoms with Gasteiger partial charge in [-0.15, -0.1) is 0 Å². The summed E-state index contributed by atoms with van der Waals surface area (Å²) < 4.78 is 12.8. The van der Waals surface area contributed by atoms with Crippen molar-refractivity contribution < 1.29 is 4.39 Å². The molecule has 3 heteroatoms. The fourth-order valence-corrected chi connectivity index (χ4v) is 1.98. The summed E-state index contributed by atoms with van der Waals surface area (Å²) in [6, 6.07) is 0.360. The quantitative estimate of drug-likeness (QED) is 0.779. The summed E-state index contributed by atoms with van der Waals surface area (Å²) in [5.41, 5.74) is 0. The molecule has 0 amide bonds. The molecule has 1 aliphatic rings. The van der Waals surface area contributed by atoms with Crippen molar-refractivity contribution in [3.05, 3.63) is 0 Å². The third kappa shape index (κ3) is 6.85. The number of halogens is 1. The Morgan fingerprint density at radius 2 is 2.00 bits per heavy atom. The van der Waals surface area contributed by atoms with Crippen molar-refractivity contribution in [1.29, 1.82) is 0 Å². The van der Waals surface area contributed by atoms with Crippen LogP contribution in [0.4, 0.5) is 4.39 Å². The Hall–Kier alpha value is -0.150. The summed E-state index contributed by atoms with van der Waals surface area (Å²) in [6.45, 7) is 11.0. The summed E-state index contributed by atoms with van der Waals surface area (Å²) in [6.07, 6.45) is 0.0556. The van der Waals surface area contributed by atoms with Gasteiger partial charge in [0.2, 0.25) is 0 Å². The summed E-state index contributed by atoms with van der Waals surface area (Å²) in [5, 5.41) is 3.19. The molecular formula is C12H27FN2. The number of hydrogen-bond donors (Lipinski definition) is 1. The number of nitrogens with one attached hydrogen (secondary N) is 1. The van der Waals surface area contributed by atoms with E-state index in [-0.39, 0.29) is 0 Å². The zero-order valence-electron chi connectivity index (χ0n) is 10.9. The van der Waals surface area contributed by atoms with Gasteiger partial charge in [-0.3, -0.25) is 0 Å². The second-order valence-electron chi connectivity index (χ2n) is 4.55. The van der Waals surface area contributed by atoms with Crippen LogP contribution >= 0.6 is 0 Å². The topological polar surface area (TPSA) is 15.3 Å². The molecule has 0 bridgehead atoms. The van der Waals surface area contributed by atoms with Gasteiger partial charge in [0.1, 0.15) is 6.17 Å². The second kappa shape index (κ2) is 8.05. The number of rotatable bonds is 4. The molecule has 2 atom stereocenters. The zero-order chi connectivity index (χ0) is 11.8. The van der Waals surface area contributed by atoms with Gasteiger partial charge in [-0.2, -0.15) is 0 Å². The van der Waals surface area contributed by atoms with E-state index >= 15 is 0 Å². The monoisotopic (exact) mass is 218 g/mol. The maximum atomic E-state index is 12.8. The van der Waals surface area contributed by atoms with Crippen LogP contribution in [0.5, 0.6) is 0 Å². The fraction of sp³-hybridized carbons (Fsp3) is 1.00. The summed E-state index contributed by atoms with van der Waals surface area (Å²) in [4.78, 5) is 2.28. The minimum Gasteiger partial charge on any atom is -0.310 e. The molecule has 1 fully saturated rings. The van der Waals surface area contributed by atoms with Gasteiger partial charge in [0.15, 0.2) is 0 Å². The Morgan fingerprint density at radius 1 is 1.40 bits per heavy atom. The molecule has 0 saturated carbocycles. The molecular weight excluding hydrogens is 191 g/mol. The Labute approximate surface area is 94.2 Å². The first-order valence-corrected chi connectivity index (χ1v) is 6.14. The molecule has 0 aromatic carbocycles. The predicted octanol–water partition coefficient (Wildman–Crippen LogP) is 2.30. The lowest BCUT2D eigenvalue weighted by Crippen LogP contribution is -2.36. The van der Waals surface area contributed by atoms with Crippen LogP contribution in [-0.2, 0) is 0 Å². The standard InChI is InChI=1S/C10H21FN2.C2H6/c1-8(2)6-13(3)7-10-4-9(11)5-12-10;1-2/h8-10,12H,4-7H2,1-3H3;1-2H3. The fourth-order valence-electron chi connectivity index (χ4n) is 1.98. The molecule has 1 saturated heterocycles. The molecule has 1 N–H and O–H groups in total. The number of alkyl halides is 1. The highest BCUT2D eigenvalue weighted by Gasteiger charge is 2.24. The van der Waals surface area contributed by atoms with Gasteiger partial charge in [0.05, 0.1) is 0 Å². The van der Waals surface area contributed by atoms with E-state index < -0.39 is 6.17 Å². The third-order valence-corrected chi connectivity index (χ3v) is 2.38. The van der Waals surface area contributed by atoms with Gasteiger partial charge in [-0.1, -0.05) is 27.7 Å². The Balaban J connectivity index is 0.000000921. The van der Waals surface area contributed by atoms with Gasteiger partial charge in [-0.25, -0.2) is 4.39 Å². The number of hydrogen-bond acceptors (Lipinski definition) is 2. The highest BCUT2D eigenvalue weighted by atomic mass is 19.1. The van der Waals surface area contributed by atoms with E-state index in [1.807, 2.05) is 13.8 Å². The summed E-state index contributed by atoms with van der Waals surface area (Å²) in [5.74, 6) is 0.688. The molecule has 92 valence electrons. The molecule has 0 aromatic heterocycles. The summed E-state index contributed by atoms with van der Waals surface area (Å²) >= 11 is 0. The van der Waals surface area contributed by atoms with Crippen LogP contribution < -0.4 is 5.32 Å². The molecule has 2 nitrogen and oxygen atoms in total. The van der Waals surface area contributed by atoms with Crippen molar-refractivity contribution in [2.75, 3.05) is 26.7 Å². The normalized spacial score (nSPS) is 25.6. The van der Waals surface area contributed by atoms with E-state index in [1.165, 1.54) is 0 Å². The average Bonchev–Trinajstić information content (AvgIpc) is 2.53. The lowest BCUT2D eigenvalue weighted by molar-refractivity contribution is 0.264. The number of nitrogens with zero attached hydrogens (tertiary/aromatic N) is 1. The maximum Gasteiger partial charge on any atom is 0.114 e. The molecule has 0 aliphatic carbocycles. The molecule has 1 rings (SSSR count). The zero-order valence-corrected chi connectivity index (χ0v) is 10.9. The van der Waals surface area contributed by atoms with Gasteiger partial charge >= 0.3 is 0 Å². The summed E-state index contributed by atoms with van der Waals surface area (Å²) in [7, 11) is 2.10. The Bertz CT molecular complexity index is 151. The van der Waals surface area contributed by atoms with Crippen molar-refractivity contribution in [3.63, 3.8) is 0 Å². The molecule has 0 aromatic rings. The van der Waals surface area contributed by atoms with Crippen molar-refractivity contribution in [3.8, 4) is 0 Å². The van der Waals surface area contributed by atoms with Crippen LogP contribution in [0.3, 0.4) is 0 Å². The number of likely N-dealkylation sites (N-methyl/N-ethyl adjacent to an activating group) is 1. The highest BCUT2D eigenvalue weighted by molar-refractivity contribution is 4.83. The van der Waals surface area contributed by atoms with Crippen LogP contribution in [0.15, 0.2) is 0 Å². The minimum atomic E-state index is -0.627. The maximum absolute atomic E-state index is 12.8. The van der Waals surface area contributed by atoms with Crippen molar-refractivity contribution in [2.24, 2.45) is 5.92 Å². The second-order valence-corrected chi connectivity index (χ2v) is 4.55. The molecule has 1 aliphatic heterocycles. The lowest BCUT2D eigenvalue weighted by Gasteiger charge is -2.22. The first-order chi connectivity index (χ1) is 7.08. The van der Waals surface area contributed by atoms with Gasteiger partial charge in [-0.05, 0) is 19.4 Å². The van der Waals surface area contributed by atoms with Crippen LogP contribution in [0.1, 0.15) is 34.1 Å². The van der Waals surface area contributed by atoms with Crippen molar-refractivity contribution in [2.45, 2.75) is 46.3 Å². The van der Waals surface area contributed by atoms with E-state index in [0.717, 1.165) is 13.1 Å². The van der Waals surface area contributed by atoms with Crippen LogP contribution in [0.25, 0.3) is 0 Å². The molecule has 0 spiro atoms. The van der Waals surface area contributed by atoms with Gasteiger partial charge in [0.25, 0.3) is 0 Å². The molecule has 0 radical (unpaired) electrons. The van der Waals surface area contributed by atoms with E-state index in [0.29, 0.717) is 24.9 Å². The van der Waals surface area contributed by atoms with Gasteiger partial charge < -0.3 is 10.2 Å². The van der Waals surface area contributed by atoms with E-state index in [2.05, 4.69) is 31.1 Å². The van der Waals surface area contributed by atoms with E-state index in [4.69, 9.17) is 0 Å². The third-order valence-electron chi connectivity index (χ3n) is 2.38. The first kappa shape index (κ1) is 14.8. The molecule has 2 unspecified atom stereocenters. The highest BCUT2D eigenvalue weighted by Crippen LogP contribution is 2.11. The predicted molar refractivity (Wildman–Crippen MR) is 65.0 cm³/mol. The molecule has 15 heavy (non-hydrogen) atoms. The van der Waals surface area contributed by atoms with E-state index in [1.54, 1.807) is 0 Å². The van der Waals surface area contributed by atoms with Crippen molar-refractivity contribution in [1.82, 2.24) is 10.2 Å². The Kier molecular flexibility index (Phi) is 7.97. The lowest BCUT2D eigenvalue weighted by atomic mass is 10.1. The minimum absolute atomic E-state index is 0.360. The average molecular weight is 218 g/mol. The van der Waals surface area contributed by atoms with Crippen LogP contribution in [0.2, 0.25) is 0 Å². The molecule has 1 heterocycles. The van der Waals surface area contributed by atoms with Crippen LogP contribution in [0, 0.1) is 5.92 Å². The van der Waals surface area contributed by atoms with Gasteiger partial charge in [0, 0.05) is 25.7 Å². The smallest absolute Gasteiger partial charge is 0.114 e. The largest absolute Gasteiger partial charge is 0.310 e. The first-order valence-electron chi connectivity index (χ1n) is 6.14. The van der Waals surface area contributed by atoms with E-state index in [9.17, 15) is 4.39 Å². The Morgan fingerprint density at radius 3 is 2.40 bits per heavy atom. The van der Waals surface area contributed by atoms with Crippen LogP contribution in [-0.4, -0.2) is 43.8 Å².